The van der Waals surface area contributed by atoms with Gasteiger partial charge in [0.1, 0.15) is 5.75 Å². The lowest BCUT2D eigenvalue weighted by Gasteiger charge is -2.49. The van der Waals surface area contributed by atoms with Crippen LogP contribution >= 0.6 is 0 Å². The first kappa shape index (κ1) is 22.9. The molecule has 1 N–H and O–H groups in total. The first-order chi connectivity index (χ1) is 17.1. The minimum absolute atomic E-state index is 0.00333. The fourth-order valence-corrected chi connectivity index (χ4v) is 5.23. The van der Waals surface area contributed by atoms with Crippen molar-refractivity contribution in [3.05, 3.63) is 72.3 Å². The number of nitrogens with zero attached hydrogens (tertiary/aromatic N) is 2. The van der Waals surface area contributed by atoms with Crippen LogP contribution in [0.25, 0.3) is 0 Å². The summed E-state index contributed by atoms with van der Waals surface area (Å²) in [6.45, 7) is 2.49. The molecule has 0 spiro atoms. The molecule has 2 heterocycles. The van der Waals surface area contributed by atoms with E-state index >= 15 is 0 Å². The number of benzene rings is 3. The van der Waals surface area contributed by atoms with E-state index in [0.717, 1.165) is 31.1 Å². The van der Waals surface area contributed by atoms with Crippen molar-refractivity contribution in [2.45, 2.75) is 12.5 Å². The Bertz CT molecular complexity index is 1200. The van der Waals surface area contributed by atoms with Gasteiger partial charge in [-0.25, -0.2) is 0 Å². The first-order valence-corrected chi connectivity index (χ1v) is 11.9. The molecule has 2 aliphatic heterocycles. The lowest BCUT2D eigenvalue weighted by atomic mass is 9.83. The Morgan fingerprint density at radius 1 is 0.886 bits per heavy atom. The molecule has 1 fully saturated rings. The summed E-state index contributed by atoms with van der Waals surface area (Å²) in [5, 5.41) is 3.13. The van der Waals surface area contributed by atoms with Gasteiger partial charge in [-0.15, -0.1) is 0 Å². The Balaban J connectivity index is 1.45. The van der Waals surface area contributed by atoms with E-state index in [0.29, 0.717) is 23.6 Å². The molecule has 2 aliphatic rings. The molecular weight excluding hydrogens is 442 g/mol. The van der Waals surface area contributed by atoms with Gasteiger partial charge in [-0.3, -0.25) is 4.79 Å². The van der Waals surface area contributed by atoms with Crippen molar-refractivity contribution in [3.63, 3.8) is 0 Å². The predicted molar refractivity (Wildman–Crippen MR) is 138 cm³/mol. The number of methoxy groups -OCH3 is 3. The largest absolute Gasteiger partial charge is 0.497 e. The number of para-hydroxylation sites is 1. The van der Waals surface area contributed by atoms with Crippen molar-refractivity contribution in [1.82, 2.24) is 0 Å². The maximum atomic E-state index is 13.7. The molecule has 1 amide bonds. The number of amides is 1. The van der Waals surface area contributed by atoms with Crippen molar-refractivity contribution >= 4 is 23.0 Å². The van der Waals surface area contributed by atoms with Crippen LogP contribution in [0.4, 0.5) is 17.1 Å². The molecule has 0 unspecified atom stereocenters. The van der Waals surface area contributed by atoms with Crippen LogP contribution in [-0.4, -0.2) is 52.9 Å². The Morgan fingerprint density at radius 3 is 2.43 bits per heavy atom. The third-order valence-electron chi connectivity index (χ3n) is 7.03. The number of carbonyl (C=O) groups excluding carboxylic acids is 1. The van der Waals surface area contributed by atoms with Gasteiger partial charge in [0.05, 0.1) is 33.3 Å². The molecule has 0 radical (unpaired) electrons. The summed E-state index contributed by atoms with van der Waals surface area (Å²) in [6.07, 6.45) is 0.669. The average Bonchev–Trinajstić information content (AvgIpc) is 2.92. The summed E-state index contributed by atoms with van der Waals surface area (Å²) in [7, 11) is 4.88. The van der Waals surface area contributed by atoms with Crippen molar-refractivity contribution < 1.29 is 19.0 Å². The van der Waals surface area contributed by atoms with Gasteiger partial charge < -0.3 is 29.3 Å². The van der Waals surface area contributed by atoms with Gasteiger partial charge in [0, 0.05) is 48.8 Å². The monoisotopic (exact) mass is 473 g/mol. The van der Waals surface area contributed by atoms with Crippen LogP contribution in [0.5, 0.6) is 17.2 Å². The molecule has 0 aliphatic carbocycles. The molecule has 3 aromatic carbocycles. The van der Waals surface area contributed by atoms with Crippen LogP contribution in [0, 0.1) is 5.92 Å². The fourth-order valence-electron chi connectivity index (χ4n) is 5.23. The highest BCUT2D eigenvalue weighted by Crippen LogP contribution is 2.39. The van der Waals surface area contributed by atoms with Gasteiger partial charge in [-0.05, 0) is 42.3 Å². The number of hydrogen-bond donors (Lipinski definition) is 1. The van der Waals surface area contributed by atoms with Crippen molar-refractivity contribution in [1.29, 1.82) is 0 Å². The molecule has 7 heteroatoms. The smallest absolute Gasteiger partial charge is 0.229 e. The molecule has 7 nitrogen and oxygen atoms in total. The van der Waals surface area contributed by atoms with Gasteiger partial charge in [0.15, 0.2) is 11.5 Å². The molecular formula is C28H31N3O4. The van der Waals surface area contributed by atoms with Crippen molar-refractivity contribution in [3.8, 4) is 17.2 Å². The zero-order valence-corrected chi connectivity index (χ0v) is 20.4. The number of anilines is 3. The minimum Gasteiger partial charge on any atom is -0.497 e. The number of carbonyl (C=O) groups is 1. The predicted octanol–water partition coefficient (Wildman–Crippen LogP) is 4.22. The zero-order chi connectivity index (χ0) is 24.4. The molecule has 3 aromatic rings. The third-order valence-corrected chi connectivity index (χ3v) is 7.03. The molecule has 0 aromatic heterocycles. The number of ether oxygens (including phenoxy) is 3. The highest BCUT2D eigenvalue weighted by atomic mass is 16.5. The highest BCUT2D eigenvalue weighted by Gasteiger charge is 2.41. The summed E-state index contributed by atoms with van der Waals surface area (Å²) in [4.78, 5) is 18.5. The van der Waals surface area contributed by atoms with E-state index in [1.54, 1.807) is 33.5 Å². The topological polar surface area (TPSA) is 63.3 Å². The normalized spacial score (nSPS) is 18.8. The SMILES string of the molecule is COc1ccc2c(c1)N1CCN(c3ccccc3)C[C@H]1[C@H](C(=O)Nc1ccc(OC)c(OC)c1)C2. The maximum absolute atomic E-state index is 13.7. The number of fused-ring (bicyclic) bond motifs is 3. The van der Waals surface area contributed by atoms with E-state index in [2.05, 4.69) is 51.5 Å². The van der Waals surface area contributed by atoms with Crippen LogP contribution in [0.15, 0.2) is 66.7 Å². The molecule has 35 heavy (non-hydrogen) atoms. The Hall–Kier alpha value is -3.87. The van der Waals surface area contributed by atoms with Gasteiger partial charge in [-0.1, -0.05) is 24.3 Å². The second kappa shape index (κ2) is 9.78. The summed E-state index contributed by atoms with van der Waals surface area (Å²) < 4.78 is 16.3. The van der Waals surface area contributed by atoms with E-state index in [1.165, 1.54) is 11.3 Å². The number of rotatable bonds is 6. The Labute approximate surface area is 206 Å². The second-order valence-corrected chi connectivity index (χ2v) is 8.91. The van der Waals surface area contributed by atoms with Crippen molar-refractivity contribution in [2.24, 2.45) is 5.92 Å². The van der Waals surface area contributed by atoms with E-state index in [1.807, 2.05) is 18.2 Å². The Kier molecular flexibility index (Phi) is 6.40. The molecule has 2 atom stereocenters. The van der Waals surface area contributed by atoms with E-state index < -0.39 is 0 Å². The molecule has 0 saturated carbocycles. The quantitative estimate of drug-likeness (QED) is 0.579. The van der Waals surface area contributed by atoms with E-state index in [9.17, 15) is 4.79 Å². The number of hydrogen-bond acceptors (Lipinski definition) is 6. The third kappa shape index (κ3) is 4.46. The van der Waals surface area contributed by atoms with E-state index in [-0.39, 0.29) is 17.9 Å². The zero-order valence-electron chi connectivity index (χ0n) is 20.4. The molecule has 0 bridgehead atoms. The number of nitrogens with one attached hydrogen (secondary N) is 1. The van der Waals surface area contributed by atoms with E-state index in [4.69, 9.17) is 14.2 Å². The molecule has 1 saturated heterocycles. The molecule has 182 valence electrons. The summed E-state index contributed by atoms with van der Waals surface area (Å²) in [5.74, 6) is 1.84. The van der Waals surface area contributed by atoms with Crippen LogP contribution in [0.2, 0.25) is 0 Å². The van der Waals surface area contributed by atoms with Crippen LogP contribution < -0.4 is 29.3 Å². The average molecular weight is 474 g/mol. The molecule has 5 rings (SSSR count). The minimum atomic E-state index is -0.212. The van der Waals surface area contributed by atoms with Crippen molar-refractivity contribution in [2.75, 3.05) is 56.1 Å². The summed E-state index contributed by atoms with van der Waals surface area (Å²) >= 11 is 0. The fraction of sp³-hybridized carbons (Fsp3) is 0.321. The van der Waals surface area contributed by atoms with Crippen LogP contribution in [-0.2, 0) is 11.2 Å². The van der Waals surface area contributed by atoms with Gasteiger partial charge >= 0.3 is 0 Å². The highest BCUT2D eigenvalue weighted by molar-refractivity contribution is 5.94. The van der Waals surface area contributed by atoms with Crippen LogP contribution in [0.3, 0.4) is 0 Å². The lowest BCUT2D eigenvalue weighted by Crippen LogP contribution is -2.60. The lowest BCUT2D eigenvalue weighted by molar-refractivity contribution is -0.120. The van der Waals surface area contributed by atoms with Gasteiger partial charge in [-0.2, -0.15) is 0 Å². The maximum Gasteiger partial charge on any atom is 0.229 e. The van der Waals surface area contributed by atoms with Gasteiger partial charge in [0.25, 0.3) is 0 Å². The summed E-state index contributed by atoms with van der Waals surface area (Å²) in [5.41, 5.74) is 4.21. The van der Waals surface area contributed by atoms with Gasteiger partial charge in [0.2, 0.25) is 5.91 Å². The summed E-state index contributed by atoms with van der Waals surface area (Å²) in [6, 6.07) is 22.1. The second-order valence-electron chi connectivity index (χ2n) is 8.91. The Morgan fingerprint density at radius 2 is 1.69 bits per heavy atom. The van der Waals surface area contributed by atoms with Crippen LogP contribution in [0.1, 0.15) is 5.56 Å². The first-order valence-electron chi connectivity index (χ1n) is 11.9. The number of piperazine rings is 1. The standard InChI is InChI=1S/C28H31N3O4/c1-33-22-11-9-19-15-23(28(32)29-20-10-12-26(34-2)27(16-20)35-3)25-18-30(21-7-5-4-6-8-21)13-14-31(25)24(19)17-22/h4-12,16-17,23,25H,13-15,18H2,1-3H3,(H,29,32)/t23-,25+/m1/s1.